The average molecular weight is 351 g/mol. The second-order valence-corrected chi connectivity index (χ2v) is 6.52. The van der Waals surface area contributed by atoms with Gasteiger partial charge in [-0.15, -0.1) is 0 Å². The molecule has 0 aliphatic carbocycles. The number of nitrogens with one attached hydrogen (secondary N) is 1. The van der Waals surface area contributed by atoms with E-state index in [9.17, 15) is 4.79 Å². The largest absolute Gasteiger partial charge is 0.454 e. The van der Waals surface area contributed by atoms with Crippen molar-refractivity contribution in [1.82, 2.24) is 24.6 Å². The number of aryl methyl sites for hydroxylation is 1. The van der Waals surface area contributed by atoms with Crippen molar-refractivity contribution in [2.45, 2.75) is 12.5 Å². The molecule has 1 atom stereocenters. The molecule has 8 heteroatoms. The number of ether oxygens (including phenoxy) is 2. The van der Waals surface area contributed by atoms with Crippen LogP contribution in [-0.4, -0.2) is 43.9 Å². The molecule has 5 rings (SSSR count). The van der Waals surface area contributed by atoms with E-state index in [1.54, 1.807) is 29.2 Å². The number of hydrogen-bond donors (Lipinski definition) is 1. The van der Waals surface area contributed by atoms with Gasteiger partial charge in [0.2, 0.25) is 6.79 Å². The van der Waals surface area contributed by atoms with Crippen LogP contribution in [0.4, 0.5) is 0 Å². The highest BCUT2D eigenvalue weighted by atomic mass is 16.7. The van der Waals surface area contributed by atoms with Crippen LogP contribution in [0, 0.1) is 0 Å². The first-order valence-electron chi connectivity index (χ1n) is 8.38. The van der Waals surface area contributed by atoms with Gasteiger partial charge in [-0.25, -0.2) is 4.98 Å². The van der Waals surface area contributed by atoms with Gasteiger partial charge in [0.1, 0.15) is 0 Å². The zero-order valence-electron chi connectivity index (χ0n) is 14.2. The van der Waals surface area contributed by atoms with E-state index in [2.05, 4.69) is 15.1 Å². The molecule has 8 nitrogen and oxygen atoms in total. The summed E-state index contributed by atoms with van der Waals surface area (Å²) in [6, 6.07) is 5.30. The van der Waals surface area contributed by atoms with E-state index in [4.69, 9.17) is 9.47 Å². The van der Waals surface area contributed by atoms with Gasteiger partial charge in [0.15, 0.2) is 11.5 Å². The highest BCUT2D eigenvalue weighted by Gasteiger charge is 2.32. The third-order valence-electron chi connectivity index (χ3n) is 4.87. The van der Waals surface area contributed by atoms with Crippen LogP contribution in [0.3, 0.4) is 0 Å². The third kappa shape index (κ3) is 2.33. The van der Waals surface area contributed by atoms with Crippen molar-refractivity contribution >= 4 is 5.91 Å². The van der Waals surface area contributed by atoms with Crippen LogP contribution in [0.1, 0.15) is 33.2 Å². The summed E-state index contributed by atoms with van der Waals surface area (Å²) in [5, 5.41) is 4.26. The molecule has 132 valence electrons. The number of carbonyl (C=O) groups excluding carboxylic acids is 1. The van der Waals surface area contributed by atoms with Crippen molar-refractivity contribution in [1.29, 1.82) is 0 Å². The van der Waals surface area contributed by atoms with Crippen LogP contribution in [0.2, 0.25) is 0 Å². The maximum Gasteiger partial charge on any atom is 0.254 e. The van der Waals surface area contributed by atoms with E-state index in [0.717, 1.165) is 17.0 Å². The molecule has 0 radical (unpaired) electrons. The molecule has 0 fully saturated rings. The summed E-state index contributed by atoms with van der Waals surface area (Å²) in [6.45, 7) is 1.24. The van der Waals surface area contributed by atoms with Gasteiger partial charge in [-0.3, -0.25) is 9.48 Å². The van der Waals surface area contributed by atoms with E-state index in [-0.39, 0.29) is 18.6 Å². The Morgan fingerprint density at radius 3 is 3.04 bits per heavy atom. The topological polar surface area (TPSA) is 85.3 Å². The summed E-state index contributed by atoms with van der Waals surface area (Å²) >= 11 is 0. The molecule has 1 N–H and O–H groups in total. The van der Waals surface area contributed by atoms with Gasteiger partial charge < -0.3 is 19.4 Å². The number of H-pyrrole nitrogens is 1. The summed E-state index contributed by atoms with van der Waals surface area (Å²) in [6.07, 6.45) is 5.48. The van der Waals surface area contributed by atoms with Gasteiger partial charge in [0, 0.05) is 36.8 Å². The SMILES string of the molecule is Cn1cc(C2CN(C(=O)c3ccc4c(c3)OCO4)Cc3[nH]cnc32)cn1. The smallest absolute Gasteiger partial charge is 0.254 e. The van der Waals surface area contributed by atoms with Crippen molar-refractivity contribution in [3.05, 3.63) is 59.4 Å². The molecule has 0 spiro atoms. The van der Waals surface area contributed by atoms with Crippen LogP contribution in [0.15, 0.2) is 36.9 Å². The monoisotopic (exact) mass is 351 g/mol. The predicted octanol–water partition coefficient (Wildman–Crippen LogP) is 1.66. The summed E-state index contributed by atoms with van der Waals surface area (Å²) < 4.78 is 12.5. The first-order valence-corrected chi connectivity index (χ1v) is 8.38. The first kappa shape index (κ1) is 15.0. The Morgan fingerprint density at radius 2 is 2.19 bits per heavy atom. The molecule has 1 amide bonds. The Kier molecular flexibility index (Phi) is 3.24. The number of benzene rings is 1. The van der Waals surface area contributed by atoms with E-state index < -0.39 is 0 Å². The number of imidazole rings is 1. The van der Waals surface area contributed by atoms with Crippen molar-refractivity contribution in [3.8, 4) is 11.5 Å². The van der Waals surface area contributed by atoms with Gasteiger partial charge >= 0.3 is 0 Å². The molecule has 2 aliphatic rings. The zero-order valence-corrected chi connectivity index (χ0v) is 14.2. The number of aromatic amines is 1. The number of aromatic nitrogens is 4. The summed E-state index contributed by atoms with van der Waals surface area (Å²) in [7, 11) is 1.88. The van der Waals surface area contributed by atoms with Crippen molar-refractivity contribution in [3.63, 3.8) is 0 Å². The Morgan fingerprint density at radius 1 is 1.31 bits per heavy atom. The molecular formula is C18H17N5O3. The van der Waals surface area contributed by atoms with E-state index in [0.29, 0.717) is 30.2 Å². The number of amides is 1. The molecule has 1 aromatic carbocycles. The summed E-state index contributed by atoms with van der Waals surface area (Å²) in [5.41, 5.74) is 3.57. The first-order chi connectivity index (χ1) is 12.7. The standard InChI is InChI=1S/C18H17N5O3/c1-22-6-12(5-21-22)13-7-23(8-14-17(13)20-9-19-14)18(24)11-2-3-15-16(4-11)26-10-25-15/h2-6,9,13H,7-8,10H2,1H3,(H,19,20). The van der Waals surface area contributed by atoms with Crippen LogP contribution in [-0.2, 0) is 13.6 Å². The van der Waals surface area contributed by atoms with Gasteiger partial charge in [-0.1, -0.05) is 0 Å². The van der Waals surface area contributed by atoms with Crippen LogP contribution >= 0.6 is 0 Å². The van der Waals surface area contributed by atoms with Crippen molar-refractivity contribution in [2.75, 3.05) is 13.3 Å². The molecule has 4 heterocycles. The lowest BCUT2D eigenvalue weighted by Gasteiger charge is -2.31. The van der Waals surface area contributed by atoms with Crippen LogP contribution < -0.4 is 9.47 Å². The lowest BCUT2D eigenvalue weighted by molar-refractivity contribution is 0.0721. The molecule has 2 aliphatic heterocycles. The van der Waals surface area contributed by atoms with Crippen molar-refractivity contribution in [2.24, 2.45) is 7.05 Å². The molecule has 0 bridgehead atoms. The molecular weight excluding hydrogens is 334 g/mol. The third-order valence-corrected chi connectivity index (χ3v) is 4.87. The van der Waals surface area contributed by atoms with E-state index >= 15 is 0 Å². The maximum absolute atomic E-state index is 13.1. The molecule has 26 heavy (non-hydrogen) atoms. The van der Waals surface area contributed by atoms with E-state index in [1.807, 2.05) is 24.3 Å². The number of hydrogen-bond acceptors (Lipinski definition) is 5. The number of nitrogens with zero attached hydrogens (tertiary/aromatic N) is 4. The Labute approximate surface area is 149 Å². The maximum atomic E-state index is 13.1. The van der Waals surface area contributed by atoms with Crippen LogP contribution in [0.5, 0.6) is 11.5 Å². The number of rotatable bonds is 2. The molecule has 2 aromatic heterocycles. The van der Waals surface area contributed by atoms with E-state index in [1.165, 1.54) is 0 Å². The molecule has 3 aromatic rings. The molecule has 0 saturated carbocycles. The second kappa shape index (κ2) is 5.62. The predicted molar refractivity (Wildman–Crippen MR) is 90.9 cm³/mol. The van der Waals surface area contributed by atoms with Gasteiger partial charge in [-0.2, -0.15) is 5.10 Å². The number of carbonyl (C=O) groups is 1. The fourth-order valence-corrected chi connectivity index (χ4v) is 3.57. The fraction of sp³-hybridized carbons (Fsp3) is 0.278. The fourth-order valence-electron chi connectivity index (χ4n) is 3.57. The van der Waals surface area contributed by atoms with Crippen molar-refractivity contribution < 1.29 is 14.3 Å². The Balaban J connectivity index is 1.47. The Bertz CT molecular complexity index is 992. The summed E-state index contributed by atoms with van der Waals surface area (Å²) in [4.78, 5) is 22.6. The minimum atomic E-state index is -0.0440. The summed E-state index contributed by atoms with van der Waals surface area (Å²) in [5.74, 6) is 1.23. The molecule has 1 unspecified atom stereocenters. The van der Waals surface area contributed by atoms with Gasteiger partial charge in [-0.05, 0) is 18.2 Å². The lowest BCUT2D eigenvalue weighted by atomic mass is 9.92. The quantitative estimate of drug-likeness (QED) is 0.759. The minimum Gasteiger partial charge on any atom is -0.454 e. The normalized spacial score (nSPS) is 18.0. The van der Waals surface area contributed by atoms with Gasteiger partial charge in [0.05, 0.1) is 30.5 Å². The molecule has 0 saturated heterocycles. The minimum absolute atomic E-state index is 0.00309. The lowest BCUT2D eigenvalue weighted by Crippen LogP contribution is -2.38. The highest BCUT2D eigenvalue weighted by Crippen LogP contribution is 2.35. The second-order valence-electron chi connectivity index (χ2n) is 6.52. The average Bonchev–Trinajstić information content (AvgIpc) is 3.39. The zero-order chi connectivity index (χ0) is 17.7. The Hall–Kier alpha value is -3.29. The number of fused-ring (bicyclic) bond motifs is 2. The van der Waals surface area contributed by atoms with Crippen LogP contribution in [0.25, 0.3) is 0 Å². The van der Waals surface area contributed by atoms with Gasteiger partial charge in [0.25, 0.3) is 5.91 Å². The highest BCUT2D eigenvalue weighted by molar-refractivity contribution is 5.95.